The van der Waals surface area contributed by atoms with Gasteiger partial charge in [0.25, 0.3) is 0 Å². The number of aromatic nitrogens is 2. The molecule has 0 aliphatic heterocycles. The van der Waals surface area contributed by atoms with Crippen LogP contribution in [0.3, 0.4) is 0 Å². The van der Waals surface area contributed by atoms with Crippen molar-refractivity contribution in [1.29, 1.82) is 0 Å². The molecular formula is C14H11BrN2O2. The van der Waals surface area contributed by atoms with Gasteiger partial charge in [-0.3, -0.25) is 0 Å². The van der Waals surface area contributed by atoms with Gasteiger partial charge in [-0.2, -0.15) is 5.10 Å². The van der Waals surface area contributed by atoms with Crippen molar-refractivity contribution >= 4 is 15.9 Å². The zero-order valence-corrected chi connectivity index (χ0v) is 11.5. The first-order chi connectivity index (χ1) is 9.27. The standard InChI is InChI=1S/C14H11BrN2O2/c15-14-11(7-9-19-14)13(18)12-6-8-16-17(12)10-4-2-1-3-5-10/h1-9,13,18H. The molecule has 0 fully saturated rings. The van der Waals surface area contributed by atoms with Gasteiger partial charge in [0.1, 0.15) is 6.10 Å². The van der Waals surface area contributed by atoms with Crippen LogP contribution < -0.4 is 0 Å². The fraction of sp³-hybridized carbons (Fsp3) is 0.0714. The van der Waals surface area contributed by atoms with E-state index in [1.54, 1.807) is 23.0 Å². The van der Waals surface area contributed by atoms with Gasteiger partial charge in [-0.15, -0.1) is 0 Å². The molecule has 0 aliphatic carbocycles. The van der Waals surface area contributed by atoms with Crippen LogP contribution in [-0.2, 0) is 0 Å². The average Bonchev–Trinajstić information content (AvgIpc) is 3.07. The predicted molar refractivity (Wildman–Crippen MR) is 74.0 cm³/mol. The molecular weight excluding hydrogens is 308 g/mol. The van der Waals surface area contributed by atoms with Crippen molar-refractivity contribution in [3.8, 4) is 5.69 Å². The maximum atomic E-state index is 10.4. The van der Waals surface area contributed by atoms with E-state index in [9.17, 15) is 5.11 Å². The fourth-order valence-corrected chi connectivity index (χ4v) is 2.42. The summed E-state index contributed by atoms with van der Waals surface area (Å²) in [5.74, 6) is 0. The van der Waals surface area contributed by atoms with E-state index >= 15 is 0 Å². The number of hydrogen-bond donors (Lipinski definition) is 1. The van der Waals surface area contributed by atoms with Gasteiger partial charge in [0, 0.05) is 11.8 Å². The summed E-state index contributed by atoms with van der Waals surface area (Å²) >= 11 is 3.28. The Balaban J connectivity index is 2.04. The van der Waals surface area contributed by atoms with Gasteiger partial charge in [0.15, 0.2) is 4.67 Å². The summed E-state index contributed by atoms with van der Waals surface area (Å²) in [5.41, 5.74) is 2.27. The number of benzene rings is 1. The minimum Gasteiger partial charge on any atom is -0.457 e. The van der Waals surface area contributed by atoms with Crippen LogP contribution in [0.1, 0.15) is 17.4 Å². The molecule has 4 nitrogen and oxygen atoms in total. The first-order valence-corrected chi connectivity index (χ1v) is 6.57. The van der Waals surface area contributed by atoms with Crippen LogP contribution >= 0.6 is 15.9 Å². The number of aliphatic hydroxyl groups excluding tert-OH is 1. The van der Waals surface area contributed by atoms with E-state index in [-0.39, 0.29) is 0 Å². The van der Waals surface area contributed by atoms with E-state index in [1.807, 2.05) is 30.3 Å². The Labute approximate surface area is 118 Å². The lowest BCUT2D eigenvalue weighted by molar-refractivity contribution is 0.209. The zero-order valence-electron chi connectivity index (χ0n) is 9.90. The van der Waals surface area contributed by atoms with Crippen molar-refractivity contribution in [1.82, 2.24) is 9.78 Å². The van der Waals surface area contributed by atoms with Gasteiger partial charge >= 0.3 is 0 Å². The van der Waals surface area contributed by atoms with Gasteiger partial charge in [-0.25, -0.2) is 4.68 Å². The molecule has 5 heteroatoms. The normalized spacial score (nSPS) is 12.5. The smallest absolute Gasteiger partial charge is 0.175 e. The van der Waals surface area contributed by atoms with Crippen LogP contribution in [0.5, 0.6) is 0 Å². The Kier molecular flexibility index (Phi) is 3.23. The van der Waals surface area contributed by atoms with E-state index in [0.717, 1.165) is 5.69 Å². The van der Waals surface area contributed by atoms with Gasteiger partial charge in [-0.05, 0) is 40.2 Å². The van der Waals surface area contributed by atoms with Gasteiger partial charge in [0.05, 0.1) is 17.6 Å². The molecule has 0 aliphatic rings. The Morgan fingerprint density at radius 1 is 1.16 bits per heavy atom. The molecule has 0 amide bonds. The van der Waals surface area contributed by atoms with Crippen molar-refractivity contribution in [2.45, 2.75) is 6.10 Å². The predicted octanol–water partition coefficient (Wildman–Crippen LogP) is 3.31. The monoisotopic (exact) mass is 318 g/mol. The van der Waals surface area contributed by atoms with Crippen LogP contribution in [0.15, 0.2) is 64.0 Å². The largest absolute Gasteiger partial charge is 0.457 e. The second-order valence-electron chi connectivity index (χ2n) is 4.06. The van der Waals surface area contributed by atoms with Crippen molar-refractivity contribution in [3.63, 3.8) is 0 Å². The lowest BCUT2D eigenvalue weighted by Gasteiger charge is -2.12. The highest BCUT2D eigenvalue weighted by atomic mass is 79.9. The molecule has 0 saturated carbocycles. The third-order valence-electron chi connectivity index (χ3n) is 2.89. The van der Waals surface area contributed by atoms with Crippen LogP contribution in [-0.4, -0.2) is 14.9 Å². The number of hydrogen-bond acceptors (Lipinski definition) is 3. The first kappa shape index (κ1) is 12.2. The molecule has 3 aromatic rings. The second-order valence-corrected chi connectivity index (χ2v) is 4.78. The highest BCUT2D eigenvalue weighted by Gasteiger charge is 2.20. The first-order valence-electron chi connectivity index (χ1n) is 5.77. The Hall–Kier alpha value is -1.85. The third-order valence-corrected chi connectivity index (χ3v) is 3.54. The molecule has 3 rings (SSSR count). The highest BCUT2D eigenvalue weighted by molar-refractivity contribution is 9.10. The fourth-order valence-electron chi connectivity index (χ4n) is 1.96. The molecule has 0 spiro atoms. The third kappa shape index (κ3) is 2.22. The molecule has 0 bridgehead atoms. The van der Waals surface area contributed by atoms with Gasteiger partial charge in [0.2, 0.25) is 0 Å². The lowest BCUT2D eigenvalue weighted by atomic mass is 10.1. The Bertz CT molecular complexity index is 676. The summed E-state index contributed by atoms with van der Waals surface area (Å²) in [6, 6.07) is 13.2. The van der Waals surface area contributed by atoms with Crippen molar-refractivity contribution in [2.75, 3.05) is 0 Å². The van der Waals surface area contributed by atoms with E-state index in [1.165, 1.54) is 6.26 Å². The average molecular weight is 319 g/mol. The molecule has 2 aromatic heterocycles. The molecule has 0 saturated heterocycles. The van der Waals surface area contributed by atoms with Crippen LogP contribution in [0.2, 0.25) is 0 Å². The Morgan fingerprint density at radius 3 is 2.63 bits per heavy atom. The number of aliphatic hydroxyl groups is 1. The number of rotatable bonds is 3. The minimum atomic E-state index is -0.796. The van der Waals surface area contributed by atoms with E-state index in [2.05, 4.69) is 21.0 Å². The number of halogens is 1. The van der Waals surface area contributed by atoms with E-state index in [4.69, 9.17) is 4.42 Å². The summed E-state index contributed by atoms with van der Waals surface area (Å²) in [7, 11) is 0. The van der Waals surface area contributed by atoms with Crippen LogP contribution in [0.4, 0.5) is 0 Å². The molecule has 96 valence electrons. The topological polar surface area (TPSA) is 51.2 Å². The number of furan rings is 1. The van der Waals surface area contributed by atoms with Gasteiger partial charge < -0.3 is 9.52 Å². The van der Waals surface area contributed by atoms with E-state index in [0.29, 0.717) is 15.9 Å². The van der Waals surface area contributed by atoms with Crippen molar-refractivity contribution in [2.24, 2.45) is 0 Å². The summed E-state index contributed by atoms with van der Waals surface area (Å²) in [5, 5.41) is 14.7. The molecule has 2 heterocycles. The van der Waals surface area contributed by atoms with E-state index < -0.39 is 6.10 Å². The molecule has 1 N–H and O–H groups in total. The van der Waals surface area contributed by atoms with Crippen LogP contribution in [0.25, 0.3) is 5.69 Å². The summed E-state index contributed by atoms with van der Waals surface area (Å²) in [4.78, 5) is 0. The maximum Gasteiger partial charge on any atom is 0.175 e. The van der Waals surface area contributed by atoms with Crippen molar-refractivity contribution < 1.29 is 9.52 Å². The second kappa shape index (κ2) is 5.03. The highest BCUT2D eigenvalue weighted by Crippen LogP contribution is 2.30. The molecule has 1 unspecified atom stereocenters. The lowest BCUT2D eigenvalue weighted by Crippen LogP contribution is -2.08. The molecule has 19 heavy (non-hydrogen) atoms. The quantitative estimate of drug-likeness (QED) is 0.806. The molecule has 1 aromatic carbocycles. The number of nitrogens with zero attached hydrogens (tertiary/aromatic N) is 2. The zero-order chi connectivity index (χ0) is 13.2. The number of para-hydroxylation sites is 1. The van der Waals surface area contributed by atoms with Gasteiger partial charge in [-0.1, -0.05) is 18.2 Å². The van der Waals surface area contributed by atoms with Crippen molar-refractivity contribution in [3.05, 3.63) is 70.9 Å². The summed E-state index contributed by atoms with van der Waals surface area (Å²) in [6.07, 6.45) is 2.40. The Morgan fingerprint density at radius 2 is 1.95 bits per heavy atom. The summed E-state index contributed by atoms with van der Waals surface area (Å²) < 4.78 is 7.40. The molecule has 0 radical (unpaired) electrons. The van der Waals surface area contributed by atoms with Crippen LogP contribution in [0, 0.1) is 0 Å². The minimum absolute atomic E-state index is 0.529. The molecule has 1 atom stereocenters. The maximum absolute atomic E-state index is 10.4. The summed E-state index contributed by atoms with van der Waals surface area (Å²) in [6.45, 7) is 0. The SMILES string of the molecule is OC(c1ccoc1Br)c1ccnn1-c1ccccc1.